The fraction of sp³-hybridized carbons (Fsp3) is 0.357. The third-order valence-electron chi connectivity index (χ3n) is 2.41. The fourth-order valence-corrected chi connectivity index (χ4v) is 2.32. The Morgan fingerprint density at radius 2 is 2.00 bits per heavy atom. The molecule has 6 nitrogen and oxygen atoms in total. The number of nitrogens with one attached hydrogen (secondary N) is 1. The van der Waals surface area contributed by atoms with Gasteiger partial charge in [-0.15, -0.1) is 0 Å². The molecule has 7 heteroatoms. The van der Waals surface area contributed by atoms with Crippen LogP contribution in [-0.2, 0) is 0 Å². The molecule has 0 aliphatic rings. The maximum absolute atomic E-state index is 5.54. The van der Waals surface area contributed by atoms with E-state index in [-0.39, 0.29) is 6.10 Å². The quantitative estimate of drug-likeness (QED) is 0.880. The molecule has 0 radical (unpaired) electrons. The zero-order chi connectivity index (χ0) is 15.2. The highest BCUT2D eigenvalue weighted by molar-refractivity contribution is 7.99. The lowest BCUT2D eigenvalue weighted by Crippen LogP contribution is -2.10. The summed E-state index contributed by atoms with van der Waals surface area (Å²) in [5, 5.41) is 3.48. The molecular weight excluding hydrogens is 288 g/mol. The first-order valence-electron chi connectivity index (χ1n) is 6.53. The van der Waals surface area contributed by atoms with Gasteiger partial charge in [-0.05, 0) is 43.8 Å². The van der Waals surface area contributed by atoms with E-state index in [2.05, 4.69) is 20.3 Å². The number of ether oxygens (including phenoxy) is 2. The van der Waals surface area contributed by atoms with E-state index in [9.17, 15) is 0 Å². The van der Waals surface area contributed by atoms with Crippen LogP contribution in [-0.4, -0.2) is 35.2 Å². The number of benzene rings is 1. The lowest BCUT2D eigenvalue weighted by atomic mass is 10.3. The fourth-order valence-electron chi connectivity index (χ4n) is 1.53. The highest BCUT2D eigenvalue weighted by Gasteiger charge is 2.10. The first-order chi connectivity index (χ1) is 10.1. The molecule has 21 heavy (non-hydrogen) atoms. The van der Waals surface area contributed by atoms with Gasteiger partial charge >= 0.3 is 6.01 Å². The highest BCUT2D eigenvalue weighted by Crippen LogP contribution is 2.28. The number of hydrogen-bond acceptors (Lipinski definition) is 7. The first-order valence-corrected chi connectivity index (χ1v) is 7.34. The van der Waals surface area contributed by atoms with Crippen molar-refractivity contribution in [1.82, 2.24) is 15.0 Å². The van der Waals surface area contributed by atoms with Crippen molar-refractivity contribution < 1.29 is 9.47 Å². The third-order valence-corrected chi connectivity index (χ3v) is 3.26. The van der Waals surface area contributed by atoms with E-state index >= 15 is 0 Å². The Morgan fingerprint density at radius 1 is 1.19 bits per heavy atom. The summed E-state index contributed by atoms with van der Waals surface area (Å²) in [5.41, 5.74) is 0. The summed E-state index contributed by atoms with van der Waals surface area (Å²) < 4.78 is 10.7. The van der Waals surface area contributed by atoms with Crippen molar-refractivity contribution in [1.29, 1.82) is 0 Å². The standard InChI is InChI=1S/C14H18N4O2S/c1-9(2)20-13-16-12(15-3)17-14(18-13)21-11-7-5-6-10(8-11)19-4/h5-9H,1-4H3,(H,15,16,17,18). The molecule has 1 aromatic heterocycles. The highest BCUT2D eigenvalue weighted by atomic mass is 32.2. The Kier molecular flexibility index (Phi) is 5.21. The average Bonchev–Trinajstić information content (AvgIpc) is 2.46. The van der Waals surface area contributed by atoms with Gasteiger partial charge < -0.3 is 14.8 Å². The first kappa shape index (κ1) is 15.4. The largest absolute Gasteiger partial charge is 0.497 e. The van der Waals surface area contributed by atoms with Crippen molar-refractivity contribution in [2.45, 2.75) is 30.0 Å². The van der Waals surface area contributed by atoms with Gasteiger partial charge in [0.25, 0.3) is 0 Å². The van der Waals surface area contributed by atoms with Gasteiger partial charge in [0, 0.05) is 11.9 Å². The molecule has 0 amide bonds. The smallest absolute Gasteiger partial charge is 0.322 e. The van der Waals surface area contributed by atoms with Gasteiger partial charge in [0.05, 0.1) is 13.2 Å². The number of aromatic nitrogens is 3. The molecule has 0 atom stereocenters. The van der Waals surface area contributed by atoms with Gasteiger partial charge in [-0.25, -0.2) is 0 Å². The van der Waals surface area contributed by atoms with E-state index in [4.69, 9.17) is 9.47 Å². The molecule has 2 rings (SSSR count). The predicted molar refractivity (Wildman–Crippen MR) is 82.3 cm³/mol. The van der Waals surface area contributed by atoms with Crippen molar-refractivity contribution in [3.63, 3.8) is 0 Å². The number of anilines is 1. The van der Waals surface area contributed by atoms with Gasteiger partial charge in [-0.2, -0.15) is 15.0 Å². The lowest BCUT2D eigenvalue weighted by Gasteiger charge is -2.10. The molecule has 2 aromatic rings. The second-order valence-corrected chi connectivity index (χ2v) is 5.46. The molecule has 0 fully saturated rings. The maximum atomic E-state index is 5.54. The Morgan fingerprint density at radius 3 is 2.67 bits per heavy atom. The summed E-state index contributed by atoms with van der Waals surface area (Å²) in [6.07, 6.45) is 0.00627. The topological polar surface area (TPSA) is 69.2 Å². The number of rotatable bonds is 6. The number of nitrogens with zero attached hydrogens (tertiary/aromatic N) is 3. The van der Waals surface area contributed by atoms with Crippen molar-refractivity contribution in [2.75, 3.05) is 19.5 Å². The molecule has 1 heterocycles. The average molecular weight is 306 g/mol. The van der Waals surface area contributed by atoms with Crippen LogP contribution in [0.4, 0.5) is 5.95 Å². The molecule has 0 aliphatic carbocycles. The van der Waals surface area contributed by atoms with E-state index in [1.54, 1.807) is 14.2 Å². The normalized spacial score (nSPS) is 10.5. The minimum Gasteiger partial charge on any atom is -0.497 e. The Bertz CT molecular complexity index is 607. The van der Waals surface area contributed by atoms with E-state index < -0.39 is 0 Å². The number of methoxy groups -OCH3 is 1. The third kappa shape index (κ3) is 4.49. The maximum Gasteiger partial charge on any atom is 0.322 e. The predicted octanol–water partition coefficient (Wildman–Crippen LogP) is 2.86. The van der Waals surface area contributed by atoms with Crippen LogP contribution in [0, 0.1) is 0 Å². The second-order valence-electron chi connectivity index (χ2n) is 4.42. The van der Waals surface area contributed by atoms with E-state index in [0.717, 1.165) is 10.6 Å². The lowest BCUT2D eigenvalue weighted by molar-refractivity contribution is 0.219. The zero-order valence-corrected chi connectivity index (χ0v) is 13.3. The summed E-state index contributed by atoms with van der Waals surface area (Å²) in [6.45, 7) is 3.86. The monoisotopic (exact) mass is 306 g/mol. The minimum absolute atomic E-state index is 0.00627. The molecule has 0 saturated carbocycles. The van der Waals surface area contributed by atoms with Crippen LogP contribution in [0.5, 0.6) is 11.8 Å². The summed E-state index contributed by atoms with van der Waals surface area (Å²) in [4.78, 5) is 13.8. The molecule has 1 aromatic carbocycles. The molecule has 0 saturated heterocycles. The summed E-state index contributed by atoms with van der Waals surface area (Å²) in [6, 6.07) is 8.03. The van der Waals surface area contributed by atoms with Crippen molar-refractivity contribution in [3.8, 4) is 11.8 Å². The van der Waals surface area contributed by atoms with Gasteiger partial charge in [0.2, 0.25) is 11.1 Å². The van der Waals surface area contributed by atoms with Crippen LogP contribution in [0.3, 0.4) is 0 Å². The van der Waals surface area contributed by atoms with Crippen LogP contribution in [0.25, 0.3) is 0 Å². The van der Waals surface area contributed by atoms with Crippen LogP contribution in [0.15, 0.2) is 34.3 Å². The number of hydrogen-bond donors (Lipinski definition) is 1. The van der Waals surface area contributed by atoms with Crippen LogP contribution >= 0.6 is 11.8 Å². The SMILES string of the molecule is CNc1nc(OC(C)C)nc(Sc2cccc(OC)c2)n1. The molecule has 112 valence electrons. The summed E-state index contributed by atoms with van der Waals surface area (Å²) in [7, 11) is 3.40. The summed E-state index contributed by atoms with van der Waals surface area (Å²) >= 11 is 1.43. The molecule has 0 aliphatic heterocycles. The van der Waals surface area contributed by atoms with E-state index in [1.807, 2.05) is 38.1 Å². The Labute approximate surface area is 128 Å². The van der Waals surface area contributed by atoms with Crippen molar-refractivity contribution in [3.05, 3.63) is 24.3 Å². The van der Waals surface area contributed by atoms with E-state index in [0.29, 0.717) is 17.1 Å². The van der Waals surface area contributed by atoms with Gasteiger partial charge in [0.1, 0.15) is 5.75 Å². The van der Waals surface area contributed by atoms with Gasteiger partial charge in [0.15, 0.2) is 0 Å². The molecule has 0 bridgehead atoms. The minimum atomic E-state index is 0.00627. The van der Waals surface area contributed by atoms with Crippen molar-refractivity contribution >= 4 is 17.7 Å². The Balaban J connectivity index is 2.25. The molecule has 1 N–H and O–H groups in total. The second kappa shape index (κ2) is 7.12. The molecule has 0 spiro atoms. The summed E-state index contributed by atoms with van der Waals surface area (Å²) in [5.74, 6) is 1.27. The molecule has 0 unspecified atom stereocenters. The zero-order valence-electron chi connectivity index (χ0n) is 12.5. The van der Waals surface area contributed by atoms with Crippen LogP contribution in [0.1, 0.15) is 13.8 Å². The van der Waals surface area contributed by atoms with Crippen LogP contribution in [0.2, 0.25) is 0 Å². The van der Waals surface area contributed by atoms with Crippen LogP contribution < -0.4 is 14.8 Å². The Hall–Kier alpha value is -2.02. The van der Waals surface area contributed by atoms with Gasteiger partial charge in [-0.3, -0.25) is 0 Å². The van der Waals surface area contributed by atoms with Gasteiger partial charge in [-0.1, -0.05) is 6.07 Å². The van der Waals surface area contributed by atoms with E-state index in [1.165, 1.54) is 11.8 Å². The van der Waals surface area contributed by atoms with Crippen molar-refractivity contribution in [2.24, 2.45) is 0 Å². The molecular formula is C14H18N4O2S.